The molecule has 6 aromatic carbocycles. The number of hydrogen-bond donors (Lipinski definition) is 0. The zero-order valence-electron chi connectivity index (χ0n) is 24.9. The fraction of sp³-hybridized carbons (Fsp3) is 0.0250. The summed E-state index contributed by atoms with van der Waals surface area (Å²) in [6, 6.07) is 50.7. The Kier molecular flexibility index (Phi) is 5.57. The van der Waals surface area contributed by atoms with Crippen LogP contribution < -0.4 is 25.5 Å². The third kappa shape index (κ3) is 3.84. The molecule has 6 heteroatoms. The van der Waals surface area contributed by atoms with Crippen LogP contribution in [0, 0.1) is 0 Å². The van der Waals surface area contributed by atoms with Gasteiger partial charge in [0, 0.05) is 51.8 Å². The van der Waals surface area contributed by atoms with Gasteiger partial charge in [0.25, 0.3) is 0 Å². The lowest BCUT2D eigenvalue weighted by atomic mass is 9.43. The van der Waals surface area contributed by atoms with Gasteiger partial charge in [-0.15, -0.1) is 11.3 Å². The summed E-state index contributed by atoms with van der Waals surface area (Å²) in [5.41, 5.74) is 14.8. The minimum absolute atomic E-state index is 0.0147. The Bertz CT molecular complexity index is 2310. The van der Waals surface area contributed by atoms with Crippen LogP contribution in [0.5, 0.6) is 0 Å². The lowest BCUT2D eigenvalue weighted by Crippen LogP contribution is -2.59. The number of para-hydroxylation sites is 4. The predicted octanol–water partition coefficient (Wildman–Crippen LogP) is 8.62. The van der Waals surface area contributed by atoms with Crippen LogP contribution in [0.3, 0.4) is 0 Å². The fourth-order valence-electron chi connectivity index (χ4n) is 7.41. The maximum absolute atomic E-state index is 5.04. The zero-order chi connectivity index (χ0) is 30.2. The van der Waals surface area contributed by atoms with Crippen LogP contribution >= 0.6 is 11.3 Å². The van der Waals surface area contributed by atoms with E-state index in [-0.39, 0.29) is 6.85 Å². The van der Waals surface area contributed by atoms with Crippen molar-refractivity contribution in [3.63, 3.8) is 0 Å². The normalized spacial score (nSPS) is 14.2. The van der Waals surface area contributed by atoms with Gasteiger partial charge in [0.15, 0.2) is 0 Å². The largest absolute Gasteiger partial charge is 0.376 e. The molecule has 0 unspecified atom stereocenters. The van der Waals surface area contributed by atoms with Crippen LogP contribution in [0.2, 0.25) is 0 Å². The van der Waals surface area contributed by atoms with E-state index >= 15 is 0 Å². The van der Waals surface area contributed by atoms with Crippen molar-refractivity contribution in [2.75, 3.05) is 21.3 Å². The highest BCUT2D eigenvalue weighted by atomic mass is 32.1. The summed E-state index contributed by atoms with van der Waals surface area (Å²) in [5, 5.41) is 1.06. The van der Waals surface area contributed by atoms with Crippen molar-refractivity contribution in [1.29, 1.82) is 0 Å². The molecule has 7 aromatic rings. The van der Waals surface area contributed by atoms with Gasteiger partial charge in [-0.25, -0.2) is 4.98 Å². The number of nitrogens with zero attached hydrogens (tertiary/aromatic N) is 4. The monoisotopic (exact) mass is 606 g/mol. The van der Waals surface area contributed by atoms with Crippen molar-refractivity contribution in [2.24, 2.45) is 0 Å². The molecule has 3 aliphatic heterocycles. The molecule has 0 atom stereocenters. The van der Waals surface area contributed by atoms with Crippen LogP contribution in [-0.4, -0.2) is 18.5 Å². The first-order chi connectivity index (χ1) is 22.8. The van der Waals surface area contributed by atoms with E-state index in [9.17, 15) is 0 Å². The highest BCUT2D eigenvalue weighted by Crippen LogP contribution is 2.46. The SMILES string of the molecule is C1=CN(c2ccc3c(c2)B2c4cc(-c5nc6ccccc6s5)ccc4-c4ccccc4N2c2ccccc2-3)CN1c1ccccc1. The smallest absolute Gasteiger partial charge is 0.329 e. The molecule has 0 aliphatic carbocycles. The maximum Gasteiger partial charge on any atom is 0.329 e. The van der Waals surface area contributed by atoms with E-state index < -0.39 is 0 Å². The molecule has 4 heterocycles. The molecule has 0 N–H and O–H groups in total. The average Bonchev–Trinajstić information content (AvgIpc) is 3.80. The highest BCUT2D eigenvalue weighted by Gasteiger charge is 2.42. The third-order valence-corrected chi connectivity index (χ3v) is 10.6. The second kappa shape index (κ2) is 9.96. The standard InChI is InChI=1S/C40H27BN4S/c1-2-10-28(11-3-1)43-22-23-44(26-43)29-19-21-31-33-13-5-8-16-38(33)45-37-15-7-4-12-32(37)30-20-18-27(24-34(30)41(45)35(31)25-29)40-42-36-14-6-9-17-39(36)46-40/h1-25H,26H2. The molecular formula is C40H27BN4S. The summed E-state index contributed by atoms with van der Waals surface area (Å²) >= 11 is 1.76. The van der Waals surface area contributed by atoms with E-state index in [0.717, 1.165) is 22.8 Å². The molecule has 0 spiro atoms. The third-order valence-electron chi connectivity index (χ3n) is 9.53. The number of rotatable bonds is 3. The van der Waals surface area contributed by atoms with E-state index in [0.29, 0.717) is 0 Å². The zero-order valence-corrected chi connectivity index (χ0v) is 25.7. The molecule has 1 aromatic heterocycles. The molecule has 4 nitrogen and oxygen atoms in total. The summed E-state index contributed by atoms with van der Waals surface area (Å²) in [4.78, 5) is 12.2. The summed E-state index contributed by atoms with van der Waals surface area (Å²) in [5.74, 6) is 0. The predicted molar refractivity (Wildman–Crippen MR) is 195 cm³/mol. The molecular weight excluding hydrogens is 579 g/mol. The number of fused-ring (bicyclic) bond motifs is 12. The molecule has 0 bridgehead atoms. The van der Waals surface area contributed by atoms with Crippen LogP contribution in [0.4, 0.5) is 22.7 Å². The van der Waals surface area contributed by atoms with E-state index in [1.807, 2.05) is 0 Å². The van der Waals surface area contributed by atoms with Gasteiger partial charge in [-0.3, -0.25) is 0 Å². The van der Waals surface area contributed by atoms with Gasteiger partial charge in [0.05, 0.1) is 16.9 Å². The first kappa shape index (κ1) is 25.7. The molecule has 10 rings (SSSR count). The summed E-state index contributed by atoms with van der Waals surface area (Å²) in [6.07, 6.45) is 4.37. The first-order valence-electron chi connectivity index (χ1n) is 15.7. The quantitative estimate of drug-likeness (QED) is 0.188. The van der Waals surface area contributed by atoms with Crippen molar-refractivity contribution in [3.05, 3.63) is 152 Å². The molecule has 0 amide bonds. The molecule has 216 valence electrons. The van der Waals surface area contributed by atoms with E-state index in [2.05, 4.69) is 167 Å². The molecule has 46 heavy (non-hydrogen) atoms. The Labute approximate surface area is 272 Å². The average molecular weight is 607 g/mol. The topological polar surface area (TPSA) is 22.6 Å². The van der Waals surface area contributed by atoms with Crippen molar-refractivity contribution in [1.82, 2.24) is 4.98 Å². The molecule has 3 aliphatic rings. The number of thiazole rings is 1. The minimum Gasteiger partial charge on any atom is -0.376 e. The molecule has 0 fully saturated rings. The Morgan fingerprint density at radius 3 is 1.93 bits per heavy atom. The van der Waals surface area contributed by atoms with Crippen LogP contribution in [0.15, 0.2) is 152 Å². The summed E-state index contributed by atoms with van der Waals surface area (Å²) < 4.78 is 1.21. The number of anilines is 4. The minimum atomic E-state index is 0.0147. The van der Waals surface area contributed by atoms with Crippen LogP contribution in [0.1, 0.15) is 0 Å². The molecule has 0 saturated carbocycles. The van der Waals surface area contributed by atoms with Gasteiger partial charge in [-0.1, -0.05) is 91.0 Å². The second-order valence-electron chi connectivity index (χ2n) is 12.1. The summed E-state index contributed by atoms with van der Waals surface area (Å²) in [6.45, 7) is 0.787. The van der Waals surface area contributed by atoms with Crippen molar-refractivity contribution in [3.8, 4) is 32.8 Å². The van der Waals surface area contributed by atoms with Gasteiger partial charge >= 0.3 is 6.85 Å². The first-order valence-corrected chi connectivity index (χ1v) is 16.5. The number of benzene rings is 6. The van der Waals surface area contributed by atoms with Gasteiger partial charge in [-0.2, -0.15) is 0 Å². The van der Waals surface area contributed by atoms with Gasteiger partial charge < -0.3 is 14.6 Å². The highest BCUT2D eigenvalue weighted by molar-refractivity contribution is 7.21. The van der Waals surface area contributed by atoms with Gasteiger partial charge in [0.1, 0.15) is 5.01 Å². The number of aromatic nitrogens is 1. The van der Waals surface area contributed by atoms with E-state index in [1.54, 1.807) is 11.3 Å². The lowest BCUT2D eigenvalue weighted by Gasteiger charge is -2.43. The Morgan fingerprint density at radius 1 is 0.543 bits per heavy atom. The lowest BCUT2D eigenvalue weighted by molar-refractivity contribution is 0.976. The molecule has 0 radical (unpaired) electrons. The maximum atomic E-state index is 5.04. The summed E-state index contributed by atoms with van der Waals surface area (Å²) in [7, 11) is 0. The molecule has 0 saturated heterocycles. The van der Waals surface area contributed by atoms with Crippen LogP contribution in [0.25, 0.3) is 43.0 Å². The van der Waals surface area contributed by atoms with Crippen molar-refractivity contribution >= 4 is 62.1 Å². The number of hydrogen-bond acceptors (Lipinski definition) is 5. The van der Waals surface area contributed by atoms with Gasteiger partial charge in [-0.05, 0) is 70.6 Å². The fourth-order valence-corrected chi connectivity index (χ4v) is 8.38. The van der Waals surface area contributed by atoms with Crippen molar-refractivity contribution < 1.29 is 0 Å². The Hall–Kier alpha value is -5.59. The Balaban J connectivity index is 1.16. The second-order valence-corrected chi connectivity index (χ2v) is 13.1. The van der Waals surface area contributed by atoms with Gasteiger partial charge in [0.2, 0.25) is 0 Å². The van der Waals surface area contributed by atoms with Crippen molar-refractivity contribution in [2.45, 2.75) is 0 Å². The van der Waals surface area contributed by atoms with Crippen LogP contribution in [-0.2, 0) is 0 Å². The van der Waals surface area contributed by atoms with E-state index in [1.165, 1.54) is 60.6 Å². The van der Waals surface area contributed by atoms with E-state index in [4.69, 9.17) is 4.98 Å². The Morgan fingerprint density at radius 2 is 1.17 bits per heavy atom.